The van der Waals surface area contributed by atoms with Crippen LogP contribution < -0.4 is 5.32 Å². The molecule has 10 nitrogen and oxygen atoms in total. The number of anilines is 1. The van der Waals surface area contributed by atoms with Crippen LogP contribution in [0, 0.1) is 5.92 Å². The number of thiophene rings is 1. The van der Waals surface area contributed by atoms with Crippen LogP contribution in [0.25, 0.3) is 0 Å². The predicted octanol–water partition coefficient (Wildman–Crippen LogP) is 3.52. The molecule has 2 aromatic rings. The lowest BCUT2D eigenvalue weighted by atomic mass is 9.98. The smallest absolute Gasteiger partial charge is 0.341 e. The maximum absolute atomic E-state index is 13.2. The van der Waals surface area contributed by atoms with Gasteiger partial charge in [-0.2, -0.15) is 4.31 Å². The lowest BCUT2D eigenvalue weighted by Gasteiger charge is -2.30. The average molecular weight is 578 g/mol. The second kappa shape index (κ2) is 12.6. The number of hydrogen-bond acceptors (Lipinski definition) is 9. The molecule has 3 heterocycles. The molecule has 212 valence electrons. The molecule has 0 atom stereocenters. The zero-order valence-corrected chi connectivity index (χ0v) is 24.2. The van der Waals surface area contributed by atoms with Gasteiger partial charge in [-0.25, -0.2) is 13.2 Å². The standard InChI is InChI=1S/C27H35N3O7S2/c1-4-29-14-13-21-22(17-29)38-25(23(21)27(33)37-6-3)28-24(31)18-7-9-20(10-8-18)39(34,35)30-15-11-19(12-16-30)26(32)36-5-2/h7-10,19H,4-6,11-17H2,1-3H3,(H,28,31). The number of hydrogen-bond donors (Lipinski definition) is 1. The van der Waals surface area contributed by atoms with Crippen molar-refractivity contribution in [1.82, 2.24) is 9.21 Å². The summed E-state index contributed by atoms with van der Waals surface area (Å²) >= 11 is 1.38. The zero-order valence-electron chi connectivity index (χ0n) is 22.5. The van der Waals surface area contributed by atoms with Crippen molar-refractivity contribution >= 4 is 44.2 Å². The first-order chi connectivity index (χ1) is 18.7. The summed E-state index contributed by atoms with van der Waals surface area (Å²) in [5, 5.41) is 3.31. The molecule has 1 amide bonds. The molecule has 0 saturated carbocycles. The van der Waals surface area contributed by atoms with Crippen LogP contribution in [0.5, 0.6) is 0 Å². The highest BCUT2D eigenvalue weighted by Crippen LogP contribution is 2.38. The maximum atomic E-state index is 13.2. The SMILES string of the molecule is CCOC(=O)c1c(NC(=O)c2ccc(S(=O)(=O)N3CCC(C(=O)OCC)CC3)cc2)sc2c1CCN(CC)C2. The highest BCUT2D eigenvalue weighted by atomic mass is 32.2. The summed E-state index contributed by atoms with van der Waals surface area (Å²) in [6, 6.07) is 5.74. The van der Waals surface area contributed by atoms with E-state index in [9.17, 15) is 22.8 Å². The lowest BCUT2D eigenvalue weighted by Crippen LogP contribution is -2.40. The first-order valence-corrected chi connectivity index (χ1v) is 15.6. The molecule has 2 aliphatic heterocycles. The summed E-state index contributed by atoms with van der Waals surface area (Å²) < 4.78 is 38.0. The second-order valence-corrected chi connectivity index (χ2v) is 12.5. The summed E-state index contributed by atoms with van der Waals surface area (Å²) in [7, 11) is -3.77. The van der Waals surface area contributed by atoms with Gasteiger partial charge in [-0.3, -0.25) is 14.5 Å². The fraction of sp³-hybridized carbons (Fsp3) is 0.519. The van der Waals surface area contributed by atoms with Crippen LogP contribution in [0.1, 0.15) is 64.8 Å². The van der Waals surface area contributed by atoms with Gasteiger partial charge in [-0.1, -0.05) is 6.92 Å². The zero-order chi connectivity index (χ0) is 28.2. The van der Waals surface area contributed by atoms with Crippen LogP contribution in [0.2, 0.25) is 0 Å². The maximum Gasteiger partial charge on any atom is 0.341 e. The average Bonchev–Trinajstić information content (AvgIpc) is 3.30. The molecule has 0 spiro atoms. The normalized spacial score (nSPS) is 16.9. The number of fused-ring (bicyclic) bond motifs is 1. The Hall–Kier alpha value is -2.80. The van der Waals surface area contributed by atoms with Gasteiger partial charge in [-0.15, -0.1) is 11.3 Å². The van der Waals surface area contributed by atoms with E-state index in [0.29, 0.717) is 43.0 Å². The van der Waals surface area contributed by atoms with Crippen molar-refractivity contribution in [2.75, 3.05) is 44.7 Å². The number of ether oxygens (including phenoxy) is 2. The third kappa shape index (κ3) is 6.34. The van der Waals surface area contributed by atoms with Gasteiger partial charge in [0.15, 0.2) is 0 Å². The van der Waals surface area contributed by atoms with Crippen molar-refractivity contribution in [2.24, 2.45) is 5.92 Å². The fourth-order valence-corrected chi connectivity index (χ4v) is 7.67. The van der Waals surface area contributed by atoms with Crippen molar-refractivity contribution in [1.29, 1.82) is 0 Å². The molecule has 0 bridgehead atoms. The Balaban J connectivity index is 1.47. The predicted molar refractivity (Wildman–Crippen MR) is 147 cm³/mol. The van der Waals surface area contributed by atoms with Gasteiger partial charge in [0.05, 0.1) is 29.6 Å². The molecule has 1 N–H and O–H groups in total. The molecule has 4 rings (SSSR count). The lowest BCUT2D eigenvalue weighted by molar-refractivity contribution is -0.149. The first-order valence-electron chi connectivity index (χ1n) is 13.3. The topological polar surface area (TPSA) is 122 Å². The number of sulfonamides is 1. The van der Waals surface area contributed by atoms with Crippen molar-refractivity contribution in [3.8, 4) is 0 Å². The largest absolute Gasteiger partial charge is 0.466 e. The molecular weight excluding hydrogens is 542 g/mol. The third-order valence-electron chi connectivity index (χ3n) is 7.12. The number of nitrogens with one attached hydrogen (secondary N) is 1. The van der Waals surface area contributed by atoms with Crippen molar-refractivity contribution < 1.29 is 32.3 Å². The van der Waals surface area contributed by atoms with Crippen LogP contribution in [-0.4, -0.2) is 74.9 Å². The fourth-order valence-electron chi connectivity index (χ4n) is 4.93. The summed E-state index contributed by atoms with van der Waals surface area (Å²) in [6.07, 6.45) is 1.51. The van der Waals surface area contributed by atoms with E-state index in [0.717, 1.165) is 23.5 Å². The minimum Gasteiger partial charge on any atom is -0.466 e. The molecule has 1 saturated heterocycles. The Morgan fingerprint density at radius 1 is 1.00 bits per heavy atom. The summed E-state index contributed by atoms with van der Waals surface area (Å²) in [5.74, 6) is -1.48. The summed E-state index contributed by atoms with van der Waals surface area (Å²) in [5.41, 5.74) is 1.60. The number of likely N-dealkylation sites (N-methyl/N-ethyl adjacent to an activating group) is 1. The highest BCUT2D eigenvalue weighted by Gasteiger charge is 2.33. The van der Waals surface area contributed by atoms with Gasteiger partial charge in [0.25, 0.3) is 5.91 Å². The van der Waals surface area contributed by atoms with Crippen molar-refractivity contribution in [3.05, 3.63) is 45.8 Å². The molecular formula is C27H35N3O7S2. The van der Waals surface area contributed by atoms with Crippen molar-refractivity contribution in [3.63, 3.8) is 0 Å². The molecule has 0 radical (unpaired) electrons. The van der Waals surface area contributed by atoms with Crippen LogP contribution in [-0.2, 0) is 37.3 Å². The van der Waals surface area contributed by atoms with E-state index < -0.39 is 21.9 Å². The van der Waals surface area contributed by atoms with Gasteiger partial charge in [0, 0.05) is 36.6 Å². The highest BCUT2D eigenvalue weighted by molar-refractivity contribution is 7.89. The van der Waals surface area contributed by atoms with Gasteiger partial charge in [0.2, 0.25) is 10.0 Å². The van der Waals surface area contributed by atoms with Crippen LogP contribution in [0.4, 0.5) is 5.00 Å². The van der Waals surface area contributed by atoms with Gasteiger partial charge >= 0.3 is 11.9 Å². The number of amides is 1. The van der Waals surface area contributed by atoms with E-state index in [4.69, 9.17) is 9.47 Å². The molecule has 0 aliphatic carbocycles. The van der Waals surface area contributed by atoms with E-state index in [1.165, 1.54) is 39.9 Å². The van der Waals surface area contributed by atoms with E-state index in [2.05, 4.69) is 17.1 Å². The minimum absolute atomic E-state index is 0.0760. The molecule has 2 aliphatic rings. The summed E-state index contributed by atoms with van der Waals surface area (Å²) in [4.78, 5) is 41.3. The Labute approximate surface area is 233 Å². The number of carbonyl (C=O) groups is 3. The molecule has 1 aromatic carbocycles. The Bertz CT molecular complexity index is 1310. The van der Waals surface area contributed by atoms with Gasteiger partial charge in [-0.05, 0) is 69.5 Å². The van der Waals surface area contributed by atoms with E-state index in [-0.39, 0.29) is 42.0 Å². The summed E-state index contributed by atoms with van der Waals surface area (Å²) in [6.45, 7) is 8.99. The number of benzene rings is 1. The van der Waals surface area contributed by atoms with E-state index >= 15 is 0 Å². The molecule has 1 fully saturated rings. The first kappa shape index (κ1) is 29.2. The molecule has 39 heavy (non-hydrogen) atoms. The quantitative estimate of drug-likeness (QED) is 0.450. The number of carbonyl (C=O) groups excluding carboxylic acids is 3. The molecule has 0 unspecified atom stereocenters. The van der Waals surface area contributed by atoms with Crippen molar-refractivity contribution in [2.45, 2.75) is 51.5 Å². The van der Waals surface area contributed by atoms with E-state index in [1.807, 2.05) is 0 Å². The van der Waals surface area contributed by atoms with Crippen LogP contribution >= 0.6 is 11.3 Å². The van der Waals surface area contributed by atoms with E-state index in [1.54, 1.807) is 13.8 Å². The third-order valence-corrected chi connectivity index (χ3v) is 10.2. The number of piperidine rings is 1. The van der Waals surface area contributed by atoms with Crippen LogP contribution in [0.3, 0.4) is 0 Å². The van der Waals surface area contributed by atoms with Gasteiger partial charge < -0.3 is 14.8 Å². The molecule has 1 aromatic heterocycles. The Kier molecular flexibility index (Phi) is 9.42. The minimum atomic E-state index is -3.77. The molecule has 12 heteroatoms. The Morgan fingerprint density at radius 2 is 1.67 bits per heavy atom. The Morgan fingerprint density at radius 3 is 2.28 bits per heavy atom. The van der Waals surface area contributed by atoms with Crippen LogP contribution in [0.15, 0.2) is 29.2 Å². The number of rotatable bonds is 9. The van der Waals surface area contributed by atoms with Gasteiger partial charge in [0.1, 0.15) is 5.00 Å². The second-order valence-electron chi connectivity index (χ2n) is 9.46. The monoisotopic (exact) mass is 577 g/mol. The number of nitrogens with zero attached hydrogens (tertiary/aromatic N) is 2. The number of esters is 2.